The van der Waals surface area contributed by atoms with Gasteiger partial charge in [-0.25, -0.2) is 9.18 Å². The van der Waals surface area contributed by atoms with Gasteiger partial charge in [0, 0.05) is 11.3 Å². The lowest BCUT2D eigenvalue weighted by Crippen LogP contribution is -2.18. The maximum absolute atomic E-state index is 13.2. The summed E-state index contributed by atoms with van der Waals surface area (Å²) < 4.78 is 18.3. The number of rotatable bonds is 6. The number of amides is 2. The SMILES string of the molecule is CCOC(=O)c1sc(NC(=O)c2ccc(F)cc2)c(C(=O)Nc2ccc(C)c(C)c2)c1C. The molecule has 0 aliphatic heterocycles. The molecule has 32 heavy (non-hydrogen) atoms. The summed E-state index contributed by atoms with van der Waals surface area (Å²) >= 11 is 0.963. The van der Waals surface area contributed by atoms with Gasteiger partial charge in [-0.15, -0.1) is 11.3 Å². The number of nitrogens with one attached hydrogen (secondary N) is 2. The van der Waals surface area contributed by atoms with E-state index in [-0.39, 0.29) is 27.6 Å². The Morgan fingerprint density at radius 1 is 0.938 bits per heavy atom. The zero-order valence-electron chi connectivity index (χ0n) is 18.2. The molecule has 0 bridgehead atoms. The topological polar surface area (TPSA) is 84.5 Å². The number of esters is 1. The quantitative estimate of drug-likeness (QED) is 0.482. The van der Waals surface area contributed by atoms with E-state index in [1.165, 1.54) is 24.3 Å². The van der Waals surface area contributed by atoms with Crippen LogP contribution in [0.3, 0.4) is 0 Å². The number of carbonyl (C=O) groups excluding carboxylic acids is 3. The highest BCUT2D eigenvalue weighted by Gasteiger charge is 2.27. The van der Waals surface area contributed by atoms with E-state index in [0.29, 0.717) is 11.3 Å². The predicted molar refractivity (Wildman–Crippen MR) is 123 cm³/mol. The summed E-state index contributed by atoms with van der Waals surface area (Å²) in [6.07, 6.45) is 0. The van der Waals surface area contributed by atoms with Crippen LogP contribution in [0.1, 0.15) is 54.0 Å². The molecule has 0 atom stereocenters. The first-order valence-electron chi connectivity index (χ1n) is 9.97. The molecule has 6 nitrogen and oxygen atoms in total. The zero-order chi connectivity index (χ0) is 23.4. The third-order valence-corrected chi connectivity index (χ3v) is 6.12. The summed E-state index contributed by atoms with van der Waals surface area (Å²) in [6, 6.07) is 10.5. The van der Waals surface area contributed by atoms with E-state index in [2.05, 4.69) is 10.6 Å². The Kier molecular flexibility index (Phi) is 7.05. The largest absolute Gasteiger partial charge is 0.462 e. The predicted octanol–water partition coefficient (Wildman–Crippen LogP) is 5.49. The molecular weight excluding hydrogens is 431 g/mol. The molecule has 2 amide bonds. The number of ether oxygens (including phenoxy) is 1. The van der Waals surface area contributed by atoms with Crippen LogP contribution < -0.4 is 10.6 Å². The first-order chi connectivity index (χ1) is 15.2. The monoisotopic (exact) mass is 454 g/mol. The van der Waals surface area contributed by atoms with Gasteiger partial charge < -0.3 is 15.4 Å². The lowest BCUT2D eigenvalue weighted by Gasteiger charge is -2.10. The Morgan fingerprint density at radius 2 is 1.62 bits per heavy atom. The number of halogens is 1. The van der Waals surface area contributed by atoms with E-state index in [9.17, 15) is 18.8 Å². The molecule has 2 aromatic carbocycles. The van der Waals surface area contributed by atoms with Crippen LogP contribution >= 0.6 is 11.3 Å². The number of aryl methyl sites for hydroxylation is 2. The Hall–Kier alpha value is -3.52. The standard InChI is InChI=1S/C24H23FN2O4S/c1-5-31-24(30)20-15(4)19(22(29)26-18-11-6-13(2)14(3)12-18)23(32-20)27-21(28)16-7-9-17(25)10-8-16/h6-12H,5H2,1-4H3,(H,26,29)(H,27,28). The fourth-order valence-corrected chi connectivity index (χ4v) is 4.15. The van der Waals surface area contributed by atoms with Crippen molar-refractivity contribution in [2.45, 2.75) is 27.7 Å². The van der Waals surface area contributed by atoms with Crippen LogP contribution in [0, 0.1) is 26.6 Å². The van der Waals surface area contributed by atoms with E-state index >= 15 is 0 Å². The molecule has 3 aromatic rings. The molecule has 0 saturated carbocycles. The highest BCUT2D eigenvalue weighted by atomic mass is 32.1. The van der Waals surface area contributed by atoms with Gasteiger partial charge in [-0.3, -0.25) is 9.59 Å². The first kappa shape index (κ1) is 23.1. The molecule has 0 radical (unpaired) electrons. The minimum atomic E-state index is -0.572. The fraction of sp³-hybridized carbons (Fsp3) is 0.208. The Bertz CT molecular complexity index is 1190. The second-order valence-corrected chi connectivity index (χ2v) is 8.22. The van der Waals surface area contributed by atoms with Gasteiger partial charge in [0.2, 0.25) is 0 Å². The molecule has 1 heterocycles. The van der Waals surface area contributed by atoms with Crippen molar-refractivity contribution >= 4 is 39.8 Å². The van der Waals surface area contributed by atoms with E-state index < -0.39 is 23.6 Å². The van der Waals surface area contributed by atoms with Gasteiger partial charge in [-0.2, -0.15) is 0 Å². The maximum Gasteiger partial charge on any atom is 0.348 e. The molecule has 0 aliphatic carbocycles. The molecule has 8 heteroatoms. The smallest absolute Gasteiger partial charge is 0.348 e. The number of anilines is 2. The average Bonchev–Trinajstić information content (AvgIpc) is 3.07. The van der Waals surface area contributed by atoms with Crippen molar-refractivity contribution in [1.29, 1.82) is 0 Å². The average molecular weight is 455 g/mol. The van der Waals surface area contributed by atoms with Crippen LogP contribution in [0.4, 0.5) is 15.1 Å². The van der Waals surface area contributed by atoms with Crippen LogP contribution in [-0.4, -0.2) is 24.4 Å². The van der Waals surface area contributed by atoms with E-state index in [1.807, 2.05) is 26.0 Å². The van der Waals surface area contributed by atoms with Crippen LogP contribution in [-0.2, 0) is 4.74 Å². The summed E-state index contributed by atoms with van der Waals surface area (Å²) in [5.41, 5.74) is 3.50. The lowest BCUT2D eigenvalue weighted by atomic mass is 10.1. The van der Waals surface area contributed by atoms with Gasteiger partial charge in [-0.1, -0.05) is 6.07 Å². The second-order valence-electron chi connectivity index (χ2n) is 7.19. The normalized spacial score (nSPS) is 10.5. The van der Waals surface area contributed by atoms with Crippen LogP contribution in [0.2, 0.25) is 0 Å². The molecule has 0 saturated heterocycles. The molecule has 3 rings (SSSR count). The number of benzene rings is 2. The minimum absolute atomic E-state index is 0.173. The summed E-state index contributed by atoms with van der Waals surface area (Å²) in [5, 5.41) is 5.72. The summed E-state index contributed by atoms with van der Waals surface area (Å²) in [4.78, 5) is 38.5. The van der Waals surface area contributed by atoms with Gasteiger partial charge in [-0.05, 0) is 80.8 Å². The molecule has 0 fully saturated rings. The first-order valence-corrected chi connectivity index (χ1v) is 10.8. The van der Waals surface area contributed by atoms with Crippen molar-refractivity contribution in [2.24, 2.45) is 0 Å². The molecule has 166 valence electrons. The number of hydrogen-bond acceptors (Lipinski definition) is 5. The van der Waals surface area contributed by atoms with E-state index in [1.54, 1.807) is 19.9 Å². The van der Waals surface area contributed by atoms with Crippen LogP contribution in [0.15, 0.2) is 42.5 Å². The van der Waals surface area contributed by atoms with Crippen molar-refractivity contribution < 1.29 is 23.5 Å². The molecule has 0 unspecified atom stereocenters. The van der Waals surface area contributed by atoms with Gasteiger partial charge in [0.15, 0.2) is 0 Å². The number of thiophene rings is 1. The van der Waals surface area contributed by atoms with Crippen LogP contribution in [0.25, 0.3) is 0 Å². The molecule has 0 spiro atoms. The molecule has 1 aromatic heterocycles. The Morgan fingerprint density at radius 3 is 2.25 bits per heavy atom. The highest BCUT2D eigenvalue weighted by molar-refractivity contribution is 7.18. The summed E-state index contributed by atoms with van der Waals surface area (Å²) in [5.74, 6) is -2.03. The molecule has 0 aliphatic rings. The Labute approximate surface area is 189 Å². The van der Waals surface area contributed by atoms with Gasteiger partial charge in [0.25, 0.3) is 11.8 Å². The van der Waals surface area contributed by atoms with Crippen LogP contribution in [0.5, 0.6) is 0 Å². The van der Waals surface area contributed by atoms with E-state index in [4.69, 9.17) is 4.74 Å². The highest BCUT2D eigenvalue weighted by Crippen LogP contribution is 2.35. The van der Waals surface area contributed by atoms with Crippen molar-refractivity contribution in [3.05, 3.63) is 81.0 Å². The zero-order valence-corrected chi connectivity index (χ0v) is 19.0. The minimum Gasteiger partial charge on any atom is -0.462 e. The third kappa shape index (κ3) is 5.03. The Balaban J connectivity index is 1.97. The maximum atomic E-state index is 13.2. The summed E-state index contributed by atoms with van der Waals surface area (Å²) in [6.45, 7) is 7.40. The lowest BCUT2D eigenvalue weighted by molar-refractivity contribution is 0.0531. The van der Waals surface area contributed by atoms with Crippen molar-refractivity contribution in [2.75, 3.05) is 17.2 Å². The summed E-state index contributed by atoms with van der Waals surface area (Å²) in [7, 11) is 0. The van der Waals surface area contributed by atoms with Crippen molar-refractivity contribution in [1.82, 2.24) is 0 Å². The van der Waals surface area contributed by atoms with Gasteiger partial charge in [0.1, 0.15) is 15.7 Å². The van der Waals surface area contributed by atoms with E-state index in [0.717, 1.165) is 22.5 Å². The van der Waals surface area contributed by atoms with Gasteiger partial charge >= 0.3 is 5.97 Å². The fourth-order valence-electron chi connectivity index (χ4n) is 3.06. The van der Waals surface area contributed by atoms with Crippen molar-refractivity contribution in [3.8, 4) is 0 Å². The van der Waals surface area contributed by atoms with Gasteiger partial charge in [0.05, 0.1) is 12.2 Å². The molecular formula is C24H23FN2O4S. The number of hydrogen-bond donors (Lipinski definition) is 2. The molecule has 2 N–H and O–H groups in total. The third-order valence-electron chi connectivity index (χ3n) is 4.93. The van der Waals surface area contributed by atoms with Crippen molar-refractivity contribution in [3.63, 3.8) is 0 Å². The second kappa shape index (κ2) is 9.74. The number of carbonyl (C=O) groups is 3.